The van der Waals surface area contributed by atoms with Gasteiger partial charge in [0.05, 0.1) is 129 Å². The average Bonchev–Trinajstić information content (AvgIpc) is 0.811. The monoisotopic (exact) mass is 1790 g/mol. The number of anilines is 3. The smallest absolute Gasteiger partial charge is 0.414 e. The zero-order chi connectivity index (χ0) is 91.1. The third-order valence-electron chi connectivity index (χ3n) is 18.1. The van der Waals surface area contributed by atoms with Gasteiger partial charge in [0.1, 0.15) is 70.4 Å². The van der Waals surface area contributed by atoms with Gasteiger partial charge >= 0.3 is 6.09 Å². The van der Waals surface area contributed by atoms with Gasteiger partial charge in [-0.05, 0) is 143 Å². The van der Waals surface area contributed by atoms with Crippen LogP contribution in [-0.2, 0) is 52.2 Å². The fraction of sp³-hybridized carbons (Fsp3) is 0.367. The van der Waals surface area contributed by atoms with Gasteiger partial charge < -0.3 is 81.2 Å². The Morgan fingerprint density at radius 3 is 1.34 bits per heavy atom. The first-order chi connectivity index (χ1) is 63.3. The van der Waals surface area contributed by atoms with E-state index in [0.717, 1.165) is 43.6 Å². The number of aromatic nitrogens is 6. The van der Waals surface area contributed by atoms with Crippen molar-refractivity contribution in [2.24, 2.45) is 30.6 Å². The molecule has 0 unspecified atom stereocenters. The first-order valence-electron chi connectivity index (χ1n) is 42.2. The molecule has 0 fully saturated rings. The lowest BCUT2D eigenvalue weighted by atomic mass is 10.2. The van der Waals surface area contributed by atoms with Crippen LogP contribution in [-0.4, -0.2) is 253 Å². The number of aryl methyl sites for hydroxylation is 1. The normalized spacial score (nSPS) is 12.6. The number of carbonyl (C=O) groups excluding carboxylic acids is 3. The summed E-state index contributed by atoms with van der Waals surface area (Å²) >= 11 is 5.97. The number of amidine groups is 6. The Balaban J connectivity index is 0.000000241. The summed E-state index contributed by atoms with van der Waals surface area (Å²) in [4.78, 5) is 71.4. The second kappa shape index (κ2) is 58.0. The number of pyridine rings is 6. The van der Waals surface area contributed by atoms with E-state index in [9.17, 15) is 14.4 Å². The molecule has 2 aromatic carbocycles. The first kappa shape index (κ1) is 99.3. The number of carbonyl (C=O) groups is 3. The van der Waals surface area contributed by atoms with Crippen LogP contribution < -0.4 is 66.2 Å². The predicted molar refractivity (Wildman–Crippen MR) is 492 cm³/mol. The summed E-state index contributed by atoms with van der Waals surface area (Å²) in [6.45, 7) is 24.7. The van der Waals surface area contributed by atoms with Crippen molar-refractivity contribution >= 4 is 81.6 Å². The SMILES string of the molecule is C=C(COc1cccnc1C1=NNC(c2ccccn2)=NN1)OC(=O)N(CC)CC.CCCCN(C(=O)/C=C/Oc1ccc(C)cc1)c1cccnc1C1=NNC(c2ccccn2)=NN1.CCCN(CCCl)c1ccc(O/C=C/C(=O)N(C)c2cccnc2C2=NNC(c3ccc(OCCOCCOCCOCCOCCOCCOCCOCCOC)cn3)=NN2)cc1. The van der Waals surface area contributed by atoms with Crippen LogP contribution in [0.2, 0.25) is 0 Å². The Hall–Kier alpha value is -13.4. The molecule has 686 valence electrons. The molecule has 0 spiro atoms. The lowest BCUT2D eigenvalue weighted by Crippen LogP contribution is -2.38. The number of hydrazone groups is 6. The maximum atomic E-state index is 13.2. The van der Waals surface area contributed by atoms with Gasteiger partial charge in [-0.15, -0.1) is 11.6 Å². The molecule has 0 saturated carbocycles. The molecule has 9 heterocycles. The topological polar surface area (TPSA) is 408 Å². The molecule has 0 saturated heterocycles. The minimum absolute atomic E-state index is 0.0190. The molecule has 129 heavy (non-hydrogen) atoms. The largest absolute Gasteiger partial charge is 0.490 e. The van der Waals surface area contributed by atoms with E-state index in [1.807, 2.05) is 112 Å². The van der Waals surface area contributed by atoms with Crippen LogP contribution in [0.15, 0.2) is 238 Å². The van der Waals surface area contributed by atoms with Gasteiger partial charge in [0, 0.05) is 102 Å². The third kappa shape index (κ3) is 34.7. The molecule has 0 radical (unpaired) electrons. The Bertz CT molecular complexity index is 4960. The number of hydrogen-bond acceptors (Lipinski definition) is 35. The Kier molecular flexibility index (Phi) is 44.7. The second-order valence-corrected chi connectivity index (χ2v) is 27.8. The summed E-state index contributed by atoms with van der Waals surface area (Å²) in [6.07, 6.45) is 17.7. The van der Waals surface area contributed by atoms with Crippen LogP contribution in [0.5, 0.6) is 23.0 Å². The summed E-state index contributed by atoms with van der Waals surface area (Å²) in [6, 6.07) is 40.4. The van der Waals surface area contributed by atoms with Gasteiger partial charge in [-0.1, -0.05) is 56.7 Å². The van der Waals surface area contributed by atoms with Gasteiger partial charge in [0.2, 0.25) is 0 Å². The Morgan fingerprint density at radius 1 is 0.434 bits per heavy atom. The van der Waals surface area contributed by atoms with Crippen molar-refractivity contribution in [3.05, 3.63) is 247 Å². The van der Waals surface area contributed by atoms with Crippen molar-refractivity contribution in [1.82, 2.24) is 67.4 Å². The minimum atomic E-state index is -0.459. The average molecular weight is 1790 g/mol. The van der Waals surface area contributed by atoms with Crippen molar-refractivity contribution in [1.29, 1.82) is 0 Å². The van der Waals surface area contributed by atoms with Gasteiger partial charge in [0.15, 0.2) is 40.7 Å². The minimum Gasteiger partial charge on any atom is -0.490 e. The van der Waals surface area contributed by atoms with E-state index in [1.165, 1.54) is 29.6 Å². The van der Waals surface area contributed by atoms with E-state index in [-0.39, 0.29) is 24.2 Å². The molecule has 0 aliphatic carbocycles. The van der Waals surface area contributed by atoms with Gasteiger partial charge in [-0.25, -0.2) is 14.8 Å². The quantitative estimate of drug-likeness (QED) is 0.00893. The number of hydrogen-bond donors (Lipinski definition) is 6. The Labute approximate surface area is 755 Å². The molecule has 3 aliphatic rings. The third-order valence-corrected chi connectivity index (χ3v) is 18.3. The van der Waals surface area contributed by atoms with Gasteiger partial charge in [-0.2, -0.15) is 30.6 Å². The van der Waals surface area contributed by atoms with E-state index < -0.39 is 6.09 Å². The number of nitrogens with zero attached hydrogens (tertiary/aromatic N) is 16. The highest BCUT2D eigenvalue weighted by Crippen LogP contribution is 2.25. The molecule has 11 rings (SSSR count). The maximum absolute atomic E-state index is 13.2. The van der Waals surface area contributed by atoms with E-state index in [0.29, 0.717) is 235 Å². The van der Waals surface area contributed by atoms with Crippen molar-refractivity contribution in [2.75, 3.05) is 180 Å². The van der Waals surface area contributed by atoms with Gasteiger partial charge in [-0.3, -0.25) is 62.1 Å². The molecule has 3 aliphatic heterocycles. The van der Waals surface area contributed by atoms with Crippen molar-refractivity contribution in [3.8, 4) is 23.0 Å². The summed E-state index contributed by atoms with van der Waals surface area (Å²) in [5.74, 6) is 4.91. The summed E-state index contributed by atoms with van der Waals surface area (Å²) in [5.41, 5.74) is 23.9. The van der Waals surface area contributed by atoms with Crippen molar-refractivity contribution in [2.45, 2.75) is 53.9 Å². The Morgan fingerprint density at radius 2 is 0.876 bits per heavy atom. The van der Waals surface area contributed by atoms with Crippen LogP contribution >= 0.6 is 11.6 Å². The highest BCUT2D eigenvalue weighted by molar-refractivity contribution is 6.18. The number of methoxy groups -OCH3 is 1. The standard InChI is InChI=1S/C44H63ClN8O11.C26H27N7O2.C20H23N7O3/c1-4-16-53(17-14-45)36-7-9-37(10-8-36)63-18-13-41(54)52(2)40-6-5-15-46-42(40)44-50-48-43(49-51-44)39-12-11-38(35-47-39)64-34-33-62-32-31-61-30-29-60-28-27-59-26-25-58-24-23-57-22-21-56-20-19-55-3;1-3-4-17-33(23(34)14-18-35-20-12-10-19(2)11-13-20)22-9-7-16-28-24(22)26-31-29-25(30-32-26)21-8-5-6-15-27-21;1-4-27(5-2)20(28)30-14(3)13-29-16-10-8-12-22-17(16)19-25-23-18(24-26-19)15-9-6-7-11-21-15/h5-13,15,18,35H,4,14,16-17,19-34H2,1-3H3,(H,48,49)(H,50,51);5-16,18H,3-4,17H2,1-2H3,(H,29,30)(H,31,32);6-12H,3-5,13H2,1-2H3,(H,23,24)(H,25,26)/b18-13+;18-14+;. The number of ether oxygens (including phenoxy) is 13. The molecule has 3 amide bonds. The molecule has 39 heteroatoms. The number of benzene rings is 2. The lowest BCUT2D eigenvalue weighted by molar-refractivity contribution is -0.114. The number of halogens is 1. The van der Waals surface area contributed by atoms with Crippen molar-refractivity contribution in [3.63, 3.8) is 0 Å². The molecule has 8 aromatic rings. The number of alkyl halides is 1. The summed E-state index contributed by atoms with van der Waals surface area (Å²) in [5, 5.41) is 26.1. The zero-order valence-electron chi connectivity index (χ0n) is 73.6. The van der Waals surface area contributed by atoms with Crippen LogP contribution in [0.1, 0.15) is 86.7 Å². The highest BCUT2D eigenvalue weighted by atomic mass is 35.5. The fourth-order valence-corrected chi connectivity index (χ4v) is 11.7. The number of nitrogens with one attached hydrogen (secondary N) is 6. The predicted octanol–water partition coefficient (Wildman–Crippen LogP) is 9.64. The van der Waals surface area contributed by atoms with E-state index in [4.69, 9.17) is 73.2 Å². The fourth-order valence-electron chi connectivity index (χ4n) is 11.5. The molecule has 6 aromatic heterocycles. The maximum Gasteiger partial charge on any atom is 0.414 e. The highest BCUT2D eigenvalue weighted by Gasteiger charge is 2.26. The first-order valence-corrected chi connectivity index (χ1v) is 42.7. The van der Waals surface area contributed by atoms with E-state index in [2.05, 4.69) is 118 Å². The molecular formula is C90H113ClN22O16. The van der Waals surface area contributed by atoms with Crippen LogP contribution in [0.25, 0.3) is 0 Å². The molecule has 38 nitrogen and oxygen atoms in total. The van der Waals surface area contributed by atoms with Crippen molar-refractivity contribution < 1.29 is 76.0 Å². The summed E-state index contributed by atoms with van der Waals surface area (Å²) < 4.78 is 71.3. The molecule has 6 N–H and O–H groups in total. The number of amides is 3. The van der Waals surface area contributed by atoms with Crippen LogP contribution in [0, 0.1) is 6.92 Å². The molecule has 0 atom stereocenters. The lowest BCUT2D eigenvalue weighted by Gasteiger charge is -2.24. The number of likely N-dealkylation sites (N-methyl/N-ethyl adjacent to an activating group) is 1. The molecular weight excluding hydrogens is 1680 g/mol. The molecule has 0 bridgehead atoms. The van der Waals surface area contributed by atoms with E-state index >= 15 is 0 Å². The summed E-state index contributed by atoms with van der Waals surface area (Å²) in [7, 11) is 3.28. The second-order valence-electron chi connectivity index (χ2n) is 27.4. The number of rotatable bonds is 53. The van der Waals surface area contributed by atoms with Gasteiger partial charge in [0.25, 0.3) is 11.8 Å². The zero-order valence-corrected chi connectivity index (χ0v) is 74.4. The van der Waals surface area contributed by atoms with Crippen LogP contribution in [0.3, 0.4) is 0 Å². The van der Waals surface area contributed by atoms with E-state index in [1.54, 1.807) is 104 Å². The number of unbranched alkanes of at least 4 members (excludes halogenated alkanes) is 1. The van der Waals surface area contributed by atoms with Crippen LogP contribution in [0.4, 0.5) is 21.9 Å².